The number of hydrogen-bond donors (Lipinski definition) is 0. The van der Waals surface area contributed by atoms with Gasteiger partial charge in [0.2, 0.25) is 0 Å². The van der Waals surface area contributed by atoms with E-state index in [0.717, 1.165) is 47.7 Å². The monoisotopic (exact) mass is 408 g/mol. The van der Waals surface area contributed by atoms with Gasteiger partial charge < -0.3 is 8.85 Å². The van der Waals surface area contributed by atoms with Crippen molar-refractivity contribution in [2.75, 3.05) is 47.7 Å². The van der Waals surface area contributed by atoms with E-state index in [2.05, 4.69) is 26.3 Å². The molecule has 2 saturated heterocycles. The Morgan fingerprint density at radius 1 is 0.870 bits per heavy atom. The van der Waals surface area contributed by atoms with E-state index in [-0.39, 0.29) is 0 Å². The van der Waals surface area contributed by atoms with Crippen LogP contribution in [0.3, 0.4) is 0 Å². The fourth-order valence-electron chi connectivity index (χ4n) is 2.14. The third-order valence-corrected chi connectivity index (χ3v) is 10.8. The molecule has 2 unspecified atom stereocenters. The first-order valence-electron chi connectivity index (χ1n) is 7.94. The van der Waals surface area contributed by atoms with Crippen molar-refractivity contribution in [2.24, 2.45) is 0 Å². The van der Waals surface area contributed by atoms with Crippen molar-refractivity contribution in [2.45, 2.75) is 23.6 Å². The normalized spacial score (nSPS) is 27.6. The van der Waals surface area contributed by atoms with E-state index in [1.165, 1.54) is 11.1 Å². The Bertz CT molecular complexity index is 381. The van der Waals surface area contributed by atoms with Gasteiger partial charge in [0.15, 0.2) is 0 Å². The molecule has 2 heterocycles. The van der Waals surface area contributed by atoms with Crippen molar-refractivity contribution in [3.05, 3.63) is 24.3 Å². The topological polar surface area (TPSA) is 18.5 Å². The van der Waals surface area contributed by atoms with Crippen LogP contribution in [-0.4, -0.2) is 66.8 Å². The predicted molar refractivity (Wildman–Crippen MR) is 115 cm³/mol. The lowest BCUT2D eigenvalue weighted by Gasteiger charge is -2.27. The molecule has 0 bridgehead atoms. The van der Waals surface area contributed by atoms with E-state index in [4.69, 9.17) is 8.85 Å². The molecular formula is C16H28O2S4Si. The Morgan fingerprint density at radius 2 is 1.30 bits per heavy atom. The summed E-state index contributed by atoms with van der Waals surface area (Å²) in [5.74, 6) is 6.66. The second-order valence-corrected chi connectivity index (χ2v) is 14.4. The molecule has 0 spiro atoms. The molecule has 2 fully saturated rings. The average Bonchev–Trinajstić information content (AvgIpc) is 2.84. The SMILES string of the molecule is C=C1CSCC(CO[Si](C)(C)OCC2CSCC(=C)CS2)SC1. The minimum absolute atomic E-state index is 0.570. The summed E-state index contributed by atoms with van der Waals surface area (Å²) in [6, 6.07) is 0. The molecule has 0 aliphatic carbocycles. The van der Waals surface area contributed by atoms with E-state index in [9.17, 15) is 0 Å². The smallest absolute Gasteiger partial charge is 0.331 e. The summed E-state index contributed by atoms with van der Waals surface area (Å²) in [6.45, 7) is 14.2. The highest BCUT2D eigenvalue weighted by Gasteiger charge is 2.28. The van der Waals surface area contributed by atoms with E-state index < -0.39 is 8.56 Å². The van der Waals surface area contributed by atoms with Crippen LogP contribution in [0.5, 0.6) is 0 Å². The Balaban J connectivity index is 1.69. The molecule has 23 heavy (non-hydrogen) atoms. The summed E-state index contributed by atoms with van der Waals surface area (Å²) in [7, 11) is -2.03. The molecule has 0 aromatic rings. The minimum atomic E-state index is -2.03. The average molecular weight is 409 g/mol. The second kappa shape index (κ2) is 10.2. The highest BCUT2D eigenvalue weighted by Crippen LogP contribution is 2.28. The fourth-order valence-corrected chi connectivity index (χ4v) is 8.49. The van der Waals surface area contributed by atoms with Crippen molar-refractivity contribution in [3.8, 4) is 0 Å². The Hall–Kier alpha value is 1.02. The third-order valence-electron chi connectivity index (χ3n) is 3.50. The van der Waals surface area contributed by atoms with Crippen LogP contribution >= 0.6 is 47.0 Å². The third kappa shape index (κ3) is 8.29. The minimum Gasteiger partial charge on any atom is -0.393 e. The van der Waals surface area contributed by atoms with Gasteiger partial charge in [-0.2, -0.15) is 47.0 Å². The lowest BCUT2D eigenvalue weighted by atomic mass is 10.4. The maximum absolute atomic E-state index is 6.22. The van der Waals surface area contributed by atoms with Crippen molar-refractivity contribution in [3.63, 3.8) is 0 Å². The van der Waals surface area contributed by atoms with Crippen LogP contribution in [0.4, 0.5) is 0 Å². The fraction of sp³-hybridized carbons (Fsp3) is 0.750. The molecule has 0 saturated carbocycles. The maximum Gasteiger partial charge on any atom is 0.331 e. The summed E-state index contributed by atoms with van der Waals surface area (Å²) < 4.78 is 12.4. The van der Waals surface area contributed by atoms with Gasteiger partial charge in [-0.1, -0.05) is 24.3 Å². The number of hydrogen-bond acceptors (Lipinski definition) is 6. The lowest BCUT2D eigenvalue weighted by Crippen LogP contribution is -2.39. The summed E-state index contributed by atoms with van der Waals surface area (Å²) in [5.41, 5.74) is 2.69. The zero-order chi connectivity index (χ0) is 16.7. The summed E-state index contributed by atoms with van der Waals surface area (Å²) >= 11 is 7.93. The van der Waals surface area contributed by atoms with Crippen molar-refractivity contribution in [1.29, 1.82) is 0 Å². The largest absolute Gasteiger partial charge is 0.393 e. The predicted octanol–water partition coefficient (Wildman–Crippen LogP) is 4.53. The molecular weight excluding hydrogens is 381 g/mol. The summed E-state index contributed by atoms with van der Waals surface area (Å²) in [4.78, 5) is 0. The first-order valence-corrected chi connectivity index (χ1v) is 15.2. The van der Waals surface area contributed by atoms with Crippen LogP contribution in [0.2, 0.25) is 13.1 Å². The first-order chi connectivity index (χ1) is 10.9. The van der Waals surface area contributed by atoms with Crippen LogP contribution in [0, 0.1) is 0 Å². The van der Waals surface area contributed by atoms with Crippen LogP contribution in [0.15, 0.2) is 24.3 Å². The highest BCUT2D eigenvalue weighted by molar-refractivity contribution is 8.04. The molecule has 2 aliphatic rings. The molecule has 2 atom stereocenters. The zero-order valence-electron chi connectivity index (χ0n) is 14.2. The van der Waals surface area contributed by atoms with E-state index in [0.29, 0.717) is 10.5 Å². The Labute approximate surface area is 159 Å². The Morgan fingerprint density at radius 3 is 1.74 bits per heavy atom. The molecule has 7 heteroatoms. The molecule has 2 aliphatic heterocycles. The van der Waals surface area contributed by atoms with Gasteiger partial charge in [0.25, 0.3) is 0 Å². The van der Waals surface area contributed by atoms with E-state index in [1.54, 1.807) is 0 Å². The molecule has 0 aromatic heterocycles. The highest BCUT2D eigenvalue weighted by atomic mass is 32.2. The van der Waals surface area contributed by atoms with Gasteiger partial charge in [-0.15, -0.1) is 0 Å². The van der Waals surface area contributed by atoms with Gasteiger partial charge in [-0.25, -0.2) is 0 Å². The van der Waals surface area contributed by atoms with Gasteiger partial charge in [0, 0.05) is 58.2 Å². The molecule has 0 amide bonds. The second-order valence-electron chi connectivity index (χ2n) is 6.42. The van der Waals surface area contributed by atoms with Gasteiger partial charge in [0.1, 0.15) is 0 Å². The van der Waals surface area contributed by atoms with E-state index in [1.807, 2.05) is 47.0 Å². The number of rotatable bonds is 6. The first kappa shape index (κ1) is 20.3. The maximum atomic E-state index is 6.22. The molecule has 132 valence electrons. The zero-order valence-corrected chi connectivity index (χ0v) is 18.4. The summed E-state index contributed by atoms with van der Waals surface area (Å²) in [6.07, 6.45) is 0. The van der Waals surface area contributed by atoms with Crippen molar-refractivity contribution >= 4 is 55.6 Å². The van der Waals surface area contributed by atoms with Gasteiger partial charge in [-0.3, -0.25) is 0 Å². The number of thioether (sulfide) groups is 4. The molecule has 0 N–H and O–H groups in total. The van der Waals surface area contributed by atoms with Crippen LogP contribution in [0.25, 0.3) is 0 Å². The molecule has 0 radical (unpaired) electrons. The van der Waals surface area contributed by atoms with Crippen LogP contribution in [0.1, 0.15) is 0 Å². The molecule has 2 nitrogen and oxygen atoms in total. The van der Waals surface area contributed by atoms with Gasteiger partial charge >= 0.3 is 8.56 Å². The Kier molecular flexibility index (Phi) is 9.05. The van der Waals surface area contributed by atoms with Gasteiger partial charge in [-0.05, 0) is 13.1 Å². The van der Waals surface area contributed by atoms with Gasteiger partial charge in [0.05, 0.1) is 0 Å². The molecule has 2 rings (SSSR count). The summed E-state index contributed by atoms with van der Waals surface area (Å²) in [5, 5.41) is 1.14. The lowest BCUT2D eigenvalue weighted by molar-refractivity contribution is 0.184. The van der Waals surface area contributed by atoms with Crippen LogP contribution in [-0.2, 0) is 8.85 Å². The van der Waals surface area contributed by atoms with E-state index >= 15 is 0 Å². The van der Waals surface area contributed by atoms with Crippen LogP contribution < -0.4 is 0 Å². The van der Waals surface area contributed by atoms with Crippen molar-refractivity contribution in [1.82, 2.24) is 0 Å². The quantitative estimate of drug-likeness (QED) is 0.471. The van der Waals surface area contributed by atoms with Crippen molar-refractivity contribution < 1.29 is 8.85 Å². The molecule has 0 aromatic carbocycles. The standard InChI is InChI=1S/C16H28O2S4Si/c1-13-7-19-11-15(21-9-13)5-17-23(3,4)18-6-16-12-20-8-14(2)10-22-16/h15-16H,1-2,5-12H2,3-4H3.